The average Bonchev–Trinajstić information content (AvgIpc) is 2.80. The summed E-state index contributed by atoms with van der Waals surface area (Å²) in [4.78, 5) is 28.3. The molecule has 178 valence electrons. The van der Waals surface area contributed by atoms with Crippen molar-refractivity contribution in [2.45, 2.75) is 52.6 Å². The summed E-state index contributed by atoms with van der Waals surface area (Å²) in [7, 11) is 1.40. The van der Waals surface area contributed by atoms with Crippen molar-refractivity contribution in [3.05, 3.63) is 77.6 Å². The van der Waals surface area contributed by atoms with Crippen LogP contribution in [0.15, 0.2) is 60.8 Å². The molecular formula is C28H31NO5. The summed E-state index contributed by atoms with van der Waals surface area (Å²) in [5.41, 5.74) is 3.22. The molecule has 1 heterocycles. The Morgan fingerprint density at radius 3 is 2.32 bits per heavy atom. The molecular weight excluding hydrogens is 430 g/mol. The molecule has 34 heavy (non-hydrogen) atoms. The SMILES string of the molecule is COC(=O)CCCc1ccc(Oc2cccc(-c3cccnc3C(=O)OC(C)(C)C)c2C)cc1. The van der Waals surface area contributed by atoms with Crippen LogP contribution in [0.5, 0.6) is 11.5 Å². The predicted octanol–water partition coefficient (Wildman–Crippen LogP) is 6.30. The lowest BCUT2D eigenvalue weighted by atomic mass is 9.98. The Bertz CT molecular complexity index is 1150. The monoisotopic (exact) mass is 461 g/mol. The van der Waals surface area contributed by atoms with Gasteiger partial charge in [-0.25, -0.2) is 9.78 Å². The van der Waals surface area contributed by atoms with Crippen molar-refractivity contribution in [1.82, 2.24) is 4.98 Å². The van der Waals surface area contributed by atoms with Gasteiger partial charge in [0.2, 0.25) is 0 Å². The van der Waals surface area contributed by atoms with Crippen LogP contribution in [0, 0.1) is 6.92 Å². The van der Waals surface area contributed by atoms with Crippen molar-refractivity contribution in [3.63, 3.8) is 0 Å². The van der Waals surface area contributed by atoms with Gasteiger partial charge in [-0.1, -0.05) is 30.3 Å². The molecule has 0 fully saturated rings. The molecule has 0 bridgehead atoms. The van der Waals surface area contributed by atoms with Crippen LogP contribution in [0.25, 0.3) is 11.1 Å². The van der Waals surface area contributed by atoms with Crippen LogP contribution < -0.4 is 4.74 Å². The summed E-state index contributed by atoms with van der Waals surface area (Å²) >= 11 is 0. The Morgan fingerprint density at radius 1 is 0.941 bits per heavy atom. The van der Waals surface area contributed by atoms with Crippen LogP contribution in [0.4, 0.5) is 0 Å². The van der Waals surface area contributed by atoms with E-state index in [9.17, 15) is 9.59 Å². The van der Waals surface area contributed by atoms with Crippen LogP contribution in [-0.4, -0.2) is 29.6 Å². The van der Waals surface area contributed by atoms with E-state index in [4.69, 9.17) is 9.47 Å². The number of benzene rings is 2. The number of aromatic nitrogens is 1. The van der Waals surface area contributed by atoms with Gasteiger partial charge in [-0.3, -0.25) is 4.79 Å². The second-order valence-corrected chi connectivity index (χ2v) is 9.01. The number of rotatable bonds is 8. The van der Waals surface area contributed by atoms with E-state index in [2.05, 4.69) is 9.72 Å². The molecule has 0 spiro atoms. The first-order chi connectivity index (χ1) is 16.2. The Hall–Kier alpha value is -3.67. The fourth-order valence-corrected chi connectivity index (χ4v) is 3.52. The number of hydrogen-bond acceptors (Lipinski definition) is 6. The number of nitrogens with zero attached hydrogens (tertiary/aromatic N) is 1. The minimum Gasteiger partial charge on any atom is -0.469 e. The fraction of sp³-hybridized carbons (Fsp3) is 0.321. The summed E-state index contributed by atoms with van der Waals surface area (Å²) in [6.07, 6.45) is 3.52. The maximum Gasteiger partial charge on any atom is 0.358 e. The molecule has 0 aliphatic rings. The molecule has 0 atom stereocenters. The molecule has 3 rings (SSSR count). The second-order valence-electron chi connectivity index (χ2n) is 9.01. The highest BCUT2D eigenvalue weighted by molar-refractivity contribution is 5.96. The van der Waals surface area contributed by atoms with E-state index < -0.39 is 11.6 Å². The highest BCUT2D eigenvalue weighted by Crippen LogP contribution is 2.34. The van der Waals surface area contributed by atoms with E-state index in [0.29, 0.717) is 23.5 Å². The van der Waals surface area contributed by atoms with E-state index in [1.165, 1.54) is 7.11 Å². The molecule has 1 aromatic heterocycles. The lowest BCUT2D eigenvalue weighted by Crippen LogP contribution is -2.24. The van der Waals surface area contributed by atoms with Gasteiger partial charge in [0.05, 0.1) is 7.11 Å². The number of carbonyl (C=O) groups is 2. The zero-order chi connectivity index (χ0) is 24.7. The summed E-state index contributed by atoms with van der Waals surface area (Å²) in [6.45, 7) is 7.45. The lowest BCUT2D eigenvalue weighted by molar-refractivity contribution is -0.140. The zero-order valence-electron chi connectivity index (χ0n) is 20.4. The van der Waals surface area contributed by atoms with Crippen molar-refractivity contribution in [2.75, 3.05) is 7.11 Å². The fourth-order valence-electron chi connectivity index (χ4n) is 3.52. The highest BCUT2D eigenvalue weighted by atomic mass is 16.6. The molecule has 2 aromatic carbocycles. The molecule has 0 N–H and O–H groups in total. The molecule has 0 amide bonds. The molecule has 0 saturated heterocycles. The van der Waals surface area contributed by atoms with Crippen molar-refractivity contribution in [3.8, 4) is 22.6 Å². The Balaban J connectivity index is 1.79. The molecule has 0 radical (unpaired) electrons. The largest absolute Gasteiger partial charge is 0.469 e. The van der Waals surface area contributed by atoms with E-state index in [1.807, 2.05) is 76.2 Å². The molecule has 6 heteroatoms. The topological polar surface area (TPSA) is 74.7 Å². The van der Waals surface area contributed by atoms with Gasteiger partial charge in [0.1, 0.15) is 17.1 Å². The average molecular weight is 462 g/mol. The number of hydrogen-bond donors (Lipinski definition) is 0. The number of methoxy groups -OCH3 is 1. The third-order valence-corrected chi connectivity index (χ3v) is 5.20. The van der Waals surface area contributed by atoms with Gasteiger partial charge in [0.15, 0.2) is 5.69 Å². The standard InChI is InChI=1S/C28H31NO5/c1-19-22(23-11-8-18-29-26(23)27(31)34-28(2,3)4)10-7-12-24(19)33-21-16-14-20(15-17-21)9-6-13-25(30)32-5/h7-8,10-12,14-18H,6,9,13H2,1-5H3. The van der Waals surface area contributed by atoms with Crippen LogP contribution in [0.3, 0.4) is 0 Å². The third kappa shape index (κ3) is 6.67. The summed E-state index contributed by atoms with van der Waals surface area (Å²) in [6, 6.07) is 17.2. The maximum atomic E-state index is 12.8. The highest BCUT2D eigenvalue weighted by Gasteiger charge is 2.23. The molecule has 0 aliphatic heterocycles. The van der Waals surface area contributed by atoms with E-state index in [0.717, 1.165) is 29.5 Å². The maximum absolute atomic E-state index is 12.8. The normalized spacial score (nSPS) is 11.1. The smallest absolute Gasteiger partial charge is 0.358 e. The van der Waals surface area contributed by atoms with Gasteiger partial charge < -0.3 is 14.2 Å². The van der Waals surface area contributed by atoms with E-state index in [-0.39, 0.29) is 11.7 Å². The number of pyridine rings is 1. The van der Waals surface area contributed by atoms with E-state index in [1.54, 1.807) is 12.3 Å². The molecule has 0 unspecified atom stereocenters. The van der Waals surface area contributed by atoms with Crippen molar-refractivity contribution in [2.24, 2.45) is 0 Å². The van der Waals surface area contributed by atoms with Crippen molar-refractivity contribution < 1.29 is 23.8 Å². The minimum atomic E-state index is -0.614. The number of carbonyl (C=O) groups excluding carboxylic acids is 2. The first-order valence-electron chi connectivity index (χ1n) is 11.3. The Morgan fingerprint density at radius 2 is 1.65 bits per heavy atom. The van der Waals surface area contributed by atoms with Gasteiger partial charge in [-0.2, -0.15) is 0 Å². The van der Waals surface area contributed by atoms with Crippen molar-refractivity contribution >= 4 is 11.9 Å². The lowest BCUT2D eigenvalue weighted by Gasteiger charge is -2.20. The number of aryl methyl sites for hydroxylation is 1. The molecule has 6 nitrogen and oxygen atoms in total. The first-order valence-corrected chi connectivity index (χ1v) is 11.3. The summed E-state index contributed by atoms with van der Waals surface area (Å²) < 4.78 is 16.4. The first kappa shape index (κ1) is 25.0. The van der Waals surface area contributed by atoms with E-state index >= 15 is 0 Å². The van der Waals surface area contributed by atoms with Crippen LogP contribution in [0.1, 0.15) is 55.2 Å². The quantitative estimate of drug-likeness (QED) is 0.367. The zero-order valence-corrected chi connectivity index (χ0v) is 20.4. The van der Waals surface area contributed by atoms with Gasteiger partial charge in [0.25, 0.3) is 0 Å². The number of esters is 2. The number of ether oxygens (including phenoxy) is 3. The molecule has 0 aliphatic carbocycles. The Kier molecular flexibility index (Phi) is 8.05. The van der Waals surface area contributed by atoms with Crippen LogP contribution in [-0.2, 0) is 20.7 Å². The van der Waals surface area contributed by atoms with Gasteiger partial charge in [0, 0.05) is 18.2 Å². The van der Waals surface area contributed by atoms with Crippen LogP contribution in [0.2, 0.25) is 0 Å². The van der Waals surface area contributed by atoms with Gasteiger partial charge in [-0.05, 0) is 81.5 Å². The van der Waals surface area contributed by atoms with Crippen LogP contribution >= 0.6 is 0 Å². The molecule has 0 saturated carbocycles. The predicted molar refractivity (Wildman–Crippen MR) is 131 cm³/mol. The van der Waals surface area contributed by atoms with Gasteiger partial charge >= 0.3 is 11.9 Å². The third-order valence-electron chi connectivity index (χ3n) is 5.20. The second kappa shape index (κ2) is 11.0. The van der Waals surface area contributed by atoms with Gasteiger partial charge in [-0.15, -0.1) is 0 Å². The Labute approximate surface area is 200 Å². The minimum absolute atomic E-state index is 0.196. The molecule has 3 aromatic rings. The summed E-state index contributed by atoms with van der Waals surface area (Å²) in [5, 5.41) is 0. The van der Waals surface area contributed by atoms with Crippen molar-refractivity contribution in [1.29, 1.82) is 0 Å². The summed E-state index contributed by atoms with van der Waals surface area (Å²) in [5.74, 6) is 0.737.